The number of thiophene rings is 1. The van der Waals surface area contributed by atoms with Crippen LogP contribution in [0.1, 0.15) is 5.56 Å². The van der Waals surface area contributed by atoms with E-state index in [-0.39, 0.29) is 9.96 Å². The number of nitrogen functional groups attached to an aromatic ring is 1. The number of benzene rings is 1. The van der Waals surface area contributed by atoms with Crippen LogP contribution in [0.15, 0.2) is 64.4 Å². The third-order valence-corrected chi connectivity index (χ3v) is 6.11. The van der Waals surface area contributed by atoms with Crippen molar-refractivity contribution in [3.63, 3.8) is 0 Å². The third kappa shape index (κ3) is 4.74. The maximum atomic E-state index is 12.2. The molecule has 1 aromatic carbocycles. The number of hydrogen-bond donors (Lipinski definition) is 1. The smallest absolute Gasteiger partial charge is 0.348 e. The predicted molar refractivity (Wildman–Crippen MR) is 99.9 cm³/mol. The quantitative estimate of drug-likeness (QED) is 0.495. The zero-order chi connectivity index (χ0) is 18.6. The number of rotatable bonds is 7. The van der Waals surface area contributed by atoms with Gasteiger partial charge in [0.2, 0.25) is 0 Å². The molecule has 0 aliphatic heterocycles. The van der Waals surface area contributed by atoms with Gasteiger partial charge in [0.15, 0.2) is 23.1 Å². The first-order chi connectivity index (χ1) is 12.4. The Kier molecular flexibility index (Phi) is 5.43. The van der Waals surface area contributed by atoms with E-state index >= 15 is 0 Å². The molecule has 0 fully saturated rings. The molecule has 0 bridgehead atoms. The van der Waals surface area contributed by atoms with Gasteiger partial charge < -0.3 is 14.7 Å². The Morgan fingerprint density at radius 2 is 1.85 bits per heavy atom. The molecule has 26 heavy (non-hydrogen) atoms. The molecule has 0 unspecified atom stereocenters. The zero-order valence-electron chi connectivity index (χ0n) is 14.2. The average molecular weight is 391 g/mol. The van der Waals surface area contributed by atoms with E-state index in [1.165, 1.54) is 6.07 Å². The van der Waals surface area contributed by atoms with E-state index in [1.807, 2.05) is 42.1 Å². The second kappa shape index (κ2) is 7.76. The van der Waals surface area contributed by atoms with E-state index in [1.54, 1.807) is 23.6 Å². The van der Waals surface area contributed by atoms with Crippen LogP contribution < -0.4 is 19.2 Å². The molecule has 8 heteroatoms. The van der Waals surface area contributed by atoms with Gasteiger partial charge in [0.1, 0.15) is 18.1 Å². The molecular weight excluding hydrogens is 372 g/mol. The number of aromatic nitrogens is 1. The molecule has 2 heterocycles. The van der Waals surface area contributed by atoms with Crippen LogP contribution in [0.3, 0.4) is 0 Å². The summed E-state index contributed by atoms with van der Waals surface area (Å²) in [7, 11) is -3.82. The van der Waals surface area contributed by atoms with Crippen LogP contribution in [0.2, 0.25) is 0 Å². The van der Waals surface area contributed by atoms with Gasteiger partial charge in [-0.1, -0.05) is 6.07 Å². The Bertz CT molecular complexity index is 969. The third-order valence-electron chi connectivity index (χ3n) is 3.51. The van der Waals surface area contributed by atoms with Gasteiger partial charge in [0, 0.05) is 23.9 Å². The van der Waals surface area contributed by atoms with Crippen molar-refractivity contribution in [1.29, 1.82) is 0 Å². The maximum Gasteiger partial charge on any atom is 0.348 e. The van der Waals surface area contributed by atoms with Gasteiger partial charge in [-0.15, -0.1) is 11.3 Å². The van der Waals surface area contributed by atoms with Crippen LogP contribution in [0, 0.1) is 6.92 Å². The van der Waals surface area contributed by atoms with E-state index in [2.05, 4.69) is 0 Å². The lowest BCUT2D eigenvalue weighted by molar-refractivity contribution is -0.697. The summed E-state index contributed by atoms with van der Waals surface area (Å²) in [6.07, 6.45) is 3.74. The van der Waals surface area contributed by atoms with Gasteiger partial charge in [0.05, 0.1) is 0 Å². The second-order valence-corrected chi connectivity index (χ2v) is 8.39. The first kappa shape index (κ1) is 18.2. The number of ether oxygens (including phenoxy) is 1. The van der Waals surface area contributed by atoms with Gasteiger partial charge in [0.25, 0.3) is 0 Å². The Balaban J connectivity index is 1.66. The highest BCUT2D eigenvalue weighted by atomic mass is 32.3. The molecule has 6 nitrogen and oxygen atoms in total. The molecule has 0 saturated carbocycles. The number of nitrogens with two attached hydrogens (primary N) is 1. The fourth-order valence-electron chi connectivity index (χ4n) is 2.31. The van der Waals surface area contributed by atoms with Crippen molar-refractivity contribution in [2.24, 2.45) is 0 Å². The van der Waals surface area contributed by atoms with Crippen LogP contribution >= 0.6 is 11.3 Å². The summed E-state index contributed by atoms with van der Waals surface area (Å²) >= 11 is 1.11. The molecule has 2 N–H and O–H groups in total. The van der Waals surface area contributed by atoms with Crippen LogP contribution in [0.5, 0.6) is 11.5 Å². The summed E-state index contributed by atoms with van der Waals surface area (Å²) in [6, 6.07) is 11.9. The second-order valence-electron chi connectivity index (χ2n) is 5.67. The largest absolute Gasteiger partial charge is 0.487 e. The molecule has 3 aromatic rings. The lowest BCUT2D eigenvalue weighted by Gasteiger charge is -2.10. The minimum Gasteiger partial charge on any atom is -0.487 e. The molecular formula is C18H19N2O4S2+. The van der Waals surface area contributed by atoms with Gasteiger partial charge in [-0.3, -0.25) is 0 Å². The highest BCUT2D eigenvalue weighted by Gasteiger charge is 2.18. The molecule has 3 rings (SSSR count). The van der Waals surface area contributed by atoms with Crippen molar-refractivity contribution >= 4 is 27.1 Å². The van der Waals surface area contributed by atoms with Crippen molar-refractivity contribution in [2.75, 3.05) is 12.3 Å². The monoisotopic (exact) mass is 391 g/mol. The van der Waals surface area contributed by atoms with Crippen molar-refractivity contribution in [1.82, 2.24) is 0 Å². The van der Waals surface area contributed by atoms with Crippen molar-refractivity contribution in [3.05, 3.63) is 65.8 Å². The number of hydrogen-bond acceptors (Lipinski definition) is 6. The first-order valence-electron chi connectivity index (χ1n) is 7.89. The van der Waals surface area contributed by atoms with Gasteiger partial charge in [-0.05, 0) is 36.1 Å². The van der Waals surface area contributed by atoms with Gasteiger partial charge in [-0.2, -0.15) is 8.42 Å². The summed E-state index contributed by atoms with van der Waals surface area (Å²) in [5, 5.41) is 1.69. The highest BCUT2D eigenvalue weighted by molar-refractivity contribution is 7.89. The van der Waals surface area contributed by atoms with Crippen LogP contribution in [-0.4, -0.2) is 15.0 Å². The number of pyridine rings is 1. The minimum atomic E-state index is -3.82. The standard InChI is InChI=1S/C18H18N2O4S2/c1-14-11-16(23-9-8-20-6-4-15(19)5-7-20)13-17(12-14)24-26(21,22)18-3-2-10-25-18/h2-7,10-13,19H,8-9H2,1H3/p+1. The molecule has 136 valence electrons. The Labute approximate surface area is 156 Å². The Morgan fingerprint density at radius 3 is 2.54 bits per heavy atom. The Hall–Kier alpha value is -2.58. The minimum absolute atomic E-state index is 0.168. The summed E-state index contributed by atoms with van der Waals surface area (Å²) in [6.45, 7) is 2.92. The molecule has 0 spiro atoms. The van der Waals surface area contributed by atoms with Gasteiger partial charge in [-0.25, -0.2) is 4.57 Å². The van der Waals surface area contributed by atoms with Crippen molar-refractivity contribution < 1.29 is 21.9 Å². The normalized spacial score (nSPS) is 11.3. The average Bonchev–Trinajstić information content (AvgIpc) is 3.11. The van der Waals surface area contributed by atoms with E-state index < -0.39 is 10.1 Å². The van der Waals surface area contributed by atoms with E-state index in [4.69, 9.17) is 14.7 Å². The lowest BCUT2D eigenvalue weighted by atomic mass is 10.2. The molecule has 0 aliphatic carbocycles. The molecule has 2 aromatic heterocycles. The fraction of sp³-hybridized carbons (Fsp3) is 0.167. The van der Waals surface area contributed by atoms with Crippen molar-refractivity contribution in [2.45, 2.75) is 17.7 Å². The van der Waals surface area contributed by atoms with Crippen LogP contribution in [-0.2, 0) is 16.7 Å². The fourth-order valence-corrected chi connectivity index (χ4v) is 4.17. The van der Waals surface area contributed by atoms with Gasteiger partial charge >= 0.3 is 10.1 Å². The van der Waals surface area contributed by atoms with Crippen LogP contribution in [0.25, 0.3) is 0 Å². The molecule has 0 radical (unpaired) electrons. The van der Waals surface area contributed by atoms with E-state index in [0.717, 1.165) is 16.9 Å². The summed E-state index contributed by atoms with van der Waals surface area (Å²) < 4.78 is 37.6. The molecule has 0 saturated heterocycles. The molecule has 0 aliphatic rings. The summed E-state index contributed by atoms with van der Waals surface area (Å²) in [5.41, 5.74) is 7.21. The summed E-state index contributed by atoms with van der Waals surface area (Å²) in [5.74, 6) is 0.783. The number of nitrogens with zero attached hydrogens (tertiary/aromatic N) is 1. The molecule has 0 atom stereocenters. The van der Waals surface area contributed by atoms with E-state index in [0.29, 0.717) is 24.6 Å². The maximum absolute atomic E-state index is 12.2. The number of anilines is 1. The topological polar surface area (TPSA) is 82.5 Å². The van der Waals surface area contributed by atoms with Crippen molar-refractivity contribution in [3.8, 4) is 11.5 Å². The summed E-state index contributed by atoms with van der Waals surface area (Å²) in [4.78, 5) is 0. The zero-order valence-corrected chi connectivity index (χ0v) is 15.8. The lowest BCUT2D eigenvalue weighted by Crippen LogP contribution is -2.35. The number of aryl methyl sites for hydroxylation is 1. The van der Waals surface area contributed by atoms with Crippen LogP contribution in [0.4, 0.5) is 5.69 Å². The first-order valence-corrected chi connectivity index (χ1v) is 10.2. The molecule has 0 amide bonds. The van der Waals surface area contributed by atoms with E-state index in [9.17, 15) is 8.42 Å². The Morgan fingerprint density at radius 1 is 1.12 bits per heavy atom. The SMILES string of the molecule is Cc1cc(OCC[n+]2ccc(N)cc2)cc(OS(=O)(=O)c2cccs2)c1. The predicted octanol–water partition coefficient (Wildman–Crippen LogP) is 2.77. The highest BCUT2D eigenvalue weighted by Crippen LogP contribution is 2.27.